The van der Waals surface area contributed by atoms with Crippen molar-refractivity contribution in [3.05, 3.63) is 34.4 Å². The molecule has 21 heavy (non-hydrogen) atoms. The number of hydrogen-bond donors (Lipinski definition) is 2. The Labute approximate surface area is 122 Å². The molecule has 0 spiro atoms. The lowest BCUT2D eigenvalue weighted by Gasteiger charge is -2.15. The van der Waals surface area contributed by atoms with Gasteiger partial charge in [0.05, 0.1) is 4.92 Å². The zero-order valence-electron chi connectivity index (χ0n) is 11.7. The van der Waals surface area contributed by atoms with E-state index in [-0.39, 0.29) is 18.2 Å². The molecule has 1 unspecified atom stereocenters. The van der Waals surface area contributed by atoms with E-state index in [0.29, 0.717) is 24.6 Å². The molecule has 1 atom stereocenters. The van der Waals surface area contributed by atoms with E-state index in [2.05, 4.69) is 10.2 Å². The molecule has 0 radical (unpaired) electrons. The lowest BCUT2D eigenvalue weighted by atomic mass is 10.1. The van der Waals surface area contributed by atoms with Crippen LogP contribution in [-0.2, 0) is 4.79 Å². The van der Waals surface area contributed by atoms with E-state index in [1.807, 2.05) is 0 Å². The van der Waals surface area contributed by atoms with Crippen LogP contribution < -0.4 is 5.32 Å². The van der Waals surface area contributed by atoms with E-state index < -0.39 is 4.92 Å². The SMILES string of the molecule is O=C(CCN1CCC(CO)C1)Nc1ccc([N+](=O)[O-])cc1. The fourth-order valence-corrected chi connectivity index (χ4v) is 2.41. The minimum absolute atomic E-state index is 0.000103. The first-order valence-corrected chi connectivity index (χ1v) is 6.96. The molecular formula is C14H19N3O4. The highest BCUT2D eigenvalue weighted by Gasteiger charge is 2.21. The lowest BCUT2D eigenvalue weighted by Crippen LogP contribution is -2.26. The molecule has 0 aromatic heterocycles. The number of anilines is 1. The maximum Gasteiger partial charge on any atom is 0.269 e. The van der Waals surface area contributed by atoms with Crippen molar-refractivity contribution in [3.63, 3.8) is 0 Å². The number of aliphatic hydroxyl groups is 1. The van der Waals surface area contributed by atoms with Crippen molar-refractivity contribution in [2.45, 2.75) is 12.8 Å². The number of amides is 1. The normalized spacial score (nSPS) is 18.6. The molecule has 1 aliphatic heterocycles. The number of likely N-dealkylation sites (tertiary alicyclic amines) is 1. The molecule has 1 fully saturated rings. The molecule has 1 heterocycles. The van der Waals surface area contributed by atoms with Gasteiger partial charge in [-0.2, -0.15) is 0 Å². The van der Waals surface area contributed by atoms with Crippen molar-refractivity contribution < 1.29 is 14.8 Å². The Bertz CT molecular complexity index is 503. The Morgan fingerprint density at radius 2 is 2.14 bits per heavy atom. The van der Waals surface area contributed by atoms with Crippen molar-refractivity contribution in [1.82, 2.24) is 4.90 Å². The Kier molecular flexibility index (Phi) is 5.24. The number of nitrogens with zero attached hydrogens (tertiary/aromatic N) is 2. The highest BCUT2D eigenvalue weighted by atomic mass is 16.6. The van der Waals surface area contributed by atoms with Crippen LogP contribution in [0.3, 0.4) is 0 Å². The molecule has 0 saturated carbocycles. The van der Waals surface area contributed by atoms with E-state index >= 15 is 0 Å². The van der Waals surface area contributed by atoms with E-state index in [4.69, 9.17) is 5.11 Å². The molecule has 114 valence electrons. The second-order valence-corrected chi connectivity index (χ2v) is 5.24. The van der Waals surface area contributed by atoms with Gasteiger partial charge in [0.1, 0.15) is 0 Å². The Morgan fingerprint density at radius 3 is 2.71 bits per heavy atom. The van der Waals surface area contributed by atoms with Crippen LogP contribution in [0.5, 0.6) is 0 Å². The number of non-ortho nitro benzene ring substituents is 1. The van der Waals surface area contributed by atoms with Crippen LogP contribution in [-0.4, -0.2) is 47.1 Å². The molecule has 1 saturated heterocycles. The van der Waals surface area contributed by atoms with Crippen molar-refractivity contribution in [2.24, 2.45) is 5.92 Å². The standard InChI is InChI=1S/C14H19N3O4/c18-10-11-5-7-16(9-11)8-6-14(19)15-12-1-3-13(4-2-12)17(20)21/h1-4,11,18H,5-10H2,(H,15,19). The second-order valence-electron chi connectivity index (χ2n) is 5.24. The van der Waals surface area contributed by atoms with E-state index in [1.54, 1.807) is 0 Å². The van der Waals surface area contributed by atoms with Crippen LogP contribution in [0.2, 0.25) is 0 Å². The van der Waals surface area contributed by atoms with Crippen LogP contribution in [0.25, 0.3) is 0 Å². The lowest BCUT2D eigenvalue weighted by molar-refractivity contribution is -0.384. The van der Waals surface area contributed by atoms with Crippen molar-refractivity contribution in [2.75, 3.05) is 31.6 Å². The topological polar surface area (TPSA) is 95.7 Å². The summed E-state index contributed by atoms with van der Waals surface area (Å²) in [5, 5.41) is 22.3. The number of nitro benzene ring substituents is 1. The summed E-state index contributed by atoms with van der Waals surface area (Å²) >= 11 is 0. The summed E-state index contributed by atoms with van der Waals surface area (Å²) in [5.41, 5.74) is 0.556. The average Bonchev–Trinajstić information content (AvgIpc) is 2.94. The molecule has 7 heteroatoms. The van der Waals surface area contributed by atoms with Crippen LogP contribution in [0, 0.1) is 16.0 Å². The summed E-state index contributed by atoms with van der Waals surface area (Å²) in [6.07, 6.45) is 1.34. The summed E-state index contributed by atoms with van der Waals surface area (Å²) in [5.74, 6) is 0.207. The summed E-state index contributed by atoms with van der Waals surface area (Å²) in [7, 11) is 0. The van der Waals surface area contributed by atoms with Gasteiger partial charge in [0.15, 0.2) is 0 Å². The van der Waals surface area contributed by atoms with Gasteiger partial charge in [-0.1, -0.05) is 0 Å². The molecule has 1 aromatic rings. The molecule has 1 amide bonds. The summed E-state index contributed by atoms with van der Waals surface area (Å²) in [4.78, 5) is 24.0. The molecular weight excluding hydrogens is 274 g/mol. The number of nitrogens with one attached hydrogen (secondary N) is 1. The van der Waals surface area contributed by atoms with Gasteiger partial charge in [-0.05, 0) is 31.0 Å². The van der Waals surface area contributed by atoms with Gasteiger partial charge in [-0.3, -0.25) is 14.9 Å². The molecule has 0 bridgehead atoms. The van der Waals surface area contributed by atoms with E-state index in [1.165, 1.54) is 24.3 Å². The molecule has 0 aliphatic carbocycles. The molecule has 1 aromatic carbocycles. The van der Waals surface area contributed by atoms with Gasteiger partial charge in [0, 0.05) is 43.9 Å². The average molecular weight is 293 g/mol. The predicted octanol–water partition coefficient (Wildman–Crippen LogP) is 1.24. The number of nitro groups is 1. The third-order valence-electron chi connectivity index (χ3n) is 3.65. The Morgan fingerprint density at radius 1 is 1.43 bits per heavy atom. The minimum Gasteiger partial charge on any atom is -0.396 e. The quantitative estimate of drug-likeness (QED) is 0.607. The minimum atomic E-state index is -0.476. The zero-order valence-corrected chi connectivity index (χ0v) is 11.7. The highest BCUT2D eigenvalue weighted by Crippen LogP contribution is 2.17. The molecule has 2 N–H and O–H groups in total. The number of rotatable bonds is 6. The third-order valence-corrected chi connectivity index (χ3v) is 3.65. The van der Waals surface area contributed by atoms with Crippen LogP contribution >= 0.6 is 0 Å². The maximum atomic E-state index is 11.8. The first-order valence-electron chi connectivity index (χ1n) is 6.96. The number of carbonyl (C=O) groups excluding carboxylic acids is 1. The number of benzene rings is 1. The molecule has 1 aliphatic rings. The fourth-order valence-electron chi connectivity index (χ4n) is 2.41. The van der Waals surface area contributed by atoms with Crippen molar-refractivity contribution in [3.8, 4) is 0 Å². The Hall–Kier alpha value is -1.99. The van der Waals surface area contributed by atoms with E-state index in [9.17, 15) is 14.9 Å². The fraction of sp³-hybridized carbons (Fsp3) is 0.500. The van der Waals surface area contributed by atoms with Crippen LogP contribution in [0.4, 0.5) is 11.4 Å². The van der Waals surface area contributed by atoms with E-state index in [0.717, 1.165) is 19.5 Å². The summed E-state index contributed by atoms with van der Waals surface area (Å²) < 4.78 is 0. The van der Waals surface area contributed by atoms with Gasteiger partial charge in [-0.25, -0.2) is 0 Å². The number of hydrogen-bond acceptors (Lipinski definition) is 5. The van der Waals surface area contributed by atoms with Gasteiger partial charge in [0.2, 0.25) is 5.91 Å². The highest BCUT2D eigenvalue weighted by molar-refractivity contribution is 5.90. The number of aliphatic hydroxyl groups excluding tert-OH is 1. The maximum absolute atomic E-state index is 11.8. The van der Waals surface area contributed by atoms with Crippen LogP contribution in [0.1, 0.15) is 12.8 Å². The van der Waals surface area contributed by atoms with Gasteiger partial charge >= 0.3 is 0 Å². The van der Waals surface area contributed by atoms with Gasteiger partial charge in [0.25, 0.3) is 5.69 Å². The van der Waals surface area contributed by atoms with Crippen molar-refractivity contribution in [1.29, 1.82) is 0 Å². The smallest absolute Gasteiger partial charge is 0.269 e. The summed E-state index contributed by atoms with van der Waals surface area (Å²) in [6.45, 7) is 2.61. The molecule has 2 rings (SSSR count). The van der Waals surface area contributed by atoms with Crippen LogP contribution in [0.15, 0.2) is 24.3 Å². The van der Waals surface area contributed by atoms with Gasteiger partial charge < -0.3 is 15.3 Å². The monoisotopic (exact) mass is 293 g/mol. The first kappa shape index (κ1) is 15.4. The molecule has 7 nitrogen and oxygen atoms in total. The second kappa shape index (κ2) is 7.14. The number of carbonyl (C=O) groups is 1. The third kappa shape index (κ3) is 4.51. The zero-order chi connectivity index (χ0) is 15.2. The van der Waals surface area contributed by atoms with Gasteiger partial charge in [-0.15, -0.1) is 0 Å². The largest absolute Gasteiger partial charge is 0.396 e. The Balaban J connectivity index is 1.75. The first-order chi connectivity index (χ1) is 10.1. The van der Waals surface area contributed by atoms with Crippen molar-refractivity contribution >= 4 is 17.3 Å². The predicted molar refractivity (Wildman–Crippen MR) is 78.0 cm³/mol. The summed E-state index contributed by atoms with van der Waals surface area (Å²) in [6, 6.07) is 5.77.